The number of rotatable bonds is 4. The molecule has 1 N–H and O–H groups in total. The molecule has 0 spiro atoms. The molecule has 1 heteroatoms. The van der Waals surface area contributed by atoms with Gasteiger partial charge in [-0.3, -0.25) is 0 Å². The van der Waals surface area contributed by atoms with Crippen molar-refractivity contribution in [3.63, 3.8) is 0 Å². The first-order chi connectivity index (χ1) is 7.41. The summed E-state index contributed by atoms with van der Waals surface area (Å²) < 4.78 is 0. The van der Waals surface area contributed by atoms with Gasteiger partial charge in [0.15, 0.2) is 0 Å². The Kier molecular flexibility index (Phi) is 4.79. The Morgan fingerprint density at radius 2 is 2.25 bits per heavy atom. The first-order valence-corrected chi connectivity index (χ1v) is 6.46. The van der Waals surface area contributed by atoms with E-state index < -0.39 is 5.60 Å². The number of hydrogen-bond acceptors (Lipinski definition) is 1. The second kappa shape index (κ2) is 5.67. The summed E-state index contributed by atoms with van der Waals surface area (Å²) in [6, 6.07) is 0. The zero-order valence-electron chi connectivity index (χ0n) is 11.2. The lowest BCUT2D eigenvalue weighted by Crippen LogP contribution is -2.27. The Morgan fingerprint density at radius 1 is 1.56 bits per heavy atom. The molecule has 0 amide bonds. The van der Waals surface area contributed by atoms with Gasteiger partial charge in [0, 0.05) is 0 Å². The van der Waals surface area contributed by atoms with Gasteiger partial charge in [-0.1, -0.05) is 30.7 Å². The van der Waals surface area contributed by atoms with Crippen molar-refractivity contribution < 1.29 is 5.11 Å². The van der Waals surface area contributed by atoms with Crippen LogP contribution in [-0.2, 0) is 0 Å². The molecule has 16 heavy (non-hydrogen) atoms. The van der Waals surface area contributed by atoms with E-state index in [0.717, 1.165) is 18.8 Å². The van der Waals surface area contributed by atoms with Crippen LogP contribution in [0.1, 0.15) is 53.4 Å². The van der Waals surface area contributed by atoms with Crippen molar-refractivity contribution in [2.24, 2.45) is 11.8 Å². The van der Waals surface area contributed by atoms with Crippen molar-refractivity contribution in [3.05, 3.63) is 23.8 Å². The van der Waals surface area contributed by atoms with E-state index in [2.05, 4.69) is 32.9 Å². The molecule has 0 aromatic carbocycles. The highest BCUT2D eigenvalue weighted by molar-refractivity contribution is 5.06. The highest BCUT2D eigenvalue weighted by Gasteiger charge is 2.25. The van der Waals surface area contributed by atoms with E-state index in [9.17, 15) is 5.11 Å². The van der Waals surface area contributed by atoms with E-state index in [0.29, 0.717) is 5.92 Å². The Bertz CT molecular complexity index is 269. The largest absolute Gasteiger partial charge is 0.386 e. The van der Waals surface area contributed by atoms with Crippen LogP contribution in [0.25, 0.3) is 0 Å². The van der Waals surface area contributed by atoms with Gasteiger partial charge in [-0.25, -0.2) is 0 Å². The van der Waals surface area contributed by atoms with Gasteiger partial charge >= 0.3 is 0 Å². The molecule has 1 nitrogen and oxygen atoms in total. The number of hydrogen-bond donors (Lipinski definition) is 1. The SMILES string of the molecule is CC(C)=CCC[C@H](C)[C@H]1C=C[C@](C)(O)CC1. The van der Waals surface area contributed by atoms with Gasteiger partial charge in [-0.2, -0.15) is 0 Å². The summed E-state index contributed by atoms with van der Waals surface area (Å²) in [6.07, 6.45) is 11.0. The van der Waals surface area contributed by atoms with Crippen LogP contribution in [0.5, 0.6) is 0 Å². The van der Waals surface area contributed by atoms with Crippen LogP contribution in [-0.4, -0.2) is 10.7 Å². The second-order valence-corrected chi connectivity index (χ2v) is 5.75. The van der Waals surface area contributed by atoms with E-state index in [1.807, 2.05) is 13.0 Å². The molecule has 0 fully saturated rings. The molecule has 0 saturated heterocycles. The summed E-state index contributed by atoms with van der Waals surface area (Å²) in [6.45, 7) is 8.53. The Labute approximate surface area is 100 Å². The van der Waals surface area contributed by atoms with Crippen LogP contribution in [0, 0.1) is 11.8 Å². The van der Waals surface area contributed by atoms with Crippen LogP contribution >= 0.6 is 0 Å². The molecule has 3 atom stereocenters. The van der Waals surface area contributed by atoms with Crippen LogP contribution < -0.4 is 0 Å². The lowest BCUT2D eigenvalue weighted by molar-refractivity contribution is 0.0833. The van der Waals surface area contributed by atoms with Gasteiger partial charge in [0.2, 0.25) is 0 Å². The zero-order valence-corrected chi connectivity index (χ0v) is 11.2. The maximum absolute atomic E-state index is 9.83. The van der Waals surface area contributed by atoms with Crippen LogP contribution in [0.2, 0.25) is 0 Å². The first-order valence-electron chi connectivity index (χ1n) is 6.46. The molecule has 0 unspecified atom stereocenters. The molecule has 0 saturated carbocycles. The summed E-state index contributed by atoms with van der Waals surface area (Å²) in [5.41, 5.74) is 0.852. The molecule has 0 aromatic rings. The standard InChI is InChI=1S/C15H26O/c1-12(2)6-5-7-13(3)14-8-10-15(4,16)11-9-14/h6,8,10,13-14,16H,5,7,9,11H2,1-4H3/t13-,14-,15-/m0/s1. The topological polar surface area (TPSA) is 20.2 Å². The predicted molar refractivity (Wildman–Crippen MR) is 70.3 cm³/mol. The predicted octanol–water partition coefficient (Wildman–Crippen LogP) is 4.09. The van der Waals surface area contributed by atoms with Crippen molar-refractivity contribution in [3.8, 4) is 0 Å². The summed E-state index contributed by atoms with van der Waals surface area (Å²) >= 11 is 0. The fourth-order valence-corrected chi connectivity index (χ4v) is 2.29. The summed E-state index contributed by atoms with van der Waals surface area (Å²) in [4.78, 5) is 0. The van der Waals surface area contributed by atoms with Crippen LogP contribution in [0.4, 0.5) is 0 Å². The molecule has 0 radical (unpaired) electrons. The monoisotopic (exact) mass is 222 g/mol. The molecular formula is C15H26O. The minimum Gasteiger partial charge on any atom is -0.386 e. The quantitative estimate of drug-likeness (QED) is 0.710. The van der Waals surface area contributed by atoms with E-state index in [-0.39, 0.29) is 0 Å². The highest BCUT2D eigenvalue weighted by Crippen LogP contribution is 2.31. The average molecular weight is 222 g/mol. The second-order valence-electron chi connectivity index (χ2n) is 5.75. The molecule has 1 rings (SSSR count). The molecule has 0 heterocycles. The van der Waals surface area contributed by atoms with E-state index in [4.69, 9.17) is 0 Å². The van der Waals surface area contributed by atoms with E-state index >= 15 is 0 Å². The lowest BCUT2D eigenvalue weighted by Gasteiger charge is -2.30. The molecule has 0 aromatic heterocycles. The van der Waals surface area contributed by atoms with Crippen molar-refractivity contribution in [2.45, 2.75) is 59.0 Å². The third-order valence-corrected chi connectivity index (χ3v) is 3.59. The van der Waals surface area contributed by atoms with Gasteiger partial charge in [-0.15, -0.1) is 0 Å². The van der Waals surface area contributed by atoms with Gasteiger partial charge in [0.1, 0.15) is 0 Å². The smallest absolute Gasteiger partial charge is 0.0800 e. The summed E-state index contributed by atoms with van der Waals surface area (Å²) in [5, 5.41) is 9.83. The Morgan fingerprint density at radius 3 is 2.75 bits per heavy atom. The van der Waals surface area contributed by atoms with Crippen LogP contribution in [0.3, 0.4) is 0 Å². The third-order valence-electron chi connectivity index (χ3n) is 3.59. The van der Waals surface area contributed by atoms with Gasteiger partial charge < -0.3 is 5.11 Å². The van der Waals surface area contributed by atoms with E-state index in [1.165, 1.54) is 18.4 Å². The third kappa shape index (κ3) is 4.52. The van der Waals surface area contributed by atoms with Gasteiger partial charge in [0.05, 0.1) is 5.60 Å². The minimum atomic E-state index is -0.559. The molecule has 1 aliphatic carbocycles. The van der Waals surface area contributed by atoms with Crippen molar-refractivity contribution in [2.75, 3.05) is 0 Å². The average Bonchev–Trinajstić information content (AvgIpc) is 2.16. The van der Waals surface area contributed by atoms with Gasteiger partial charge in [0.25, 0.3) is 0 Å². The molecule has 1 aliphatic rings. The van der Waals surface area contributed by atoms with E-state index in [1.54, 1.807) is 0 Å². The highest BCUT2D eigenvalue weighted by atomic mass is 16.3. The zero-order chi connectivity index (χ0) is 12.2. The normalized spacial score (nSPS) is 31.2. The van der Waals surface area contributed by atoms with Crippen molar-refractivity contribution in [1.82, 2.24) is 0 Å². The Hall–Kier alpha value is -0.560. The van der Waals surface area contributed by atoms with Crippen LogP contribution in [0.15, 0.2) is 23.8 Å². The fraction of sp³-hybridized carbons (Fsp3) is 0.733. The van der Waals surface area contributed by atoms with Gasteiger partial charge in [-0.05, 0) is 58.3 Å². The molecule has 0 aliphatic heterocycles. The molecule has 92 valence electrons. The fourth-order valence-electron chi connectivity index (χ4n) is 2.29. The lowest BCUT2D eigenvalue weighted by atomic mass is 9.79. The molecule has 0 bridgehead atoms. The summed E-state index contributed by atoms with van der Waals surface area (Å²) in [7, 11) is 0. The summed E-state index contributed by atoms with van der Waals surface area (Å²) in [5.74, 6) is 1.38. The maximum Gasteiger partial charge on any atom is 0.0800 e. The molecular weight excluding hydrogens is 196 g/mol. The number of allylic oxidation sites excluding steroid dienone is 3. The number of aliphatic hydroxyl groups is 1. The van der Waals surface area contributed by atoms with Crippen molar-refractivity contribution in [1.29, 1.82) is 0 Å². The Balaban J connectivity index is 2.39. The first kappa shape index (κ1) is 13.5. The maximum atomic E-state index is 9.83. The van der Waals surface area contributed by atoms with Crippen molar-refractivity contribution >= 4 is 0 Å². The minimum absolute atomic E-state index is 0.559.